The van der Waals surface area contributed by atoms with Crippen LogP contribution < -0.4 is 16.0 Å². The van der Waals surface area contributed by atoms with E-state index in [1.54, 1.807) is 18.5 Å². The lowest BCUT2D eigenvalue weighted by Gasteiger charge is -2.41. The Labute approximate surface area is 189 Å². The van der Waals surface area contributed by atoms with Gasteiger partial charge in [-0.1, -0.05) is 6.42 Å². The summed E-state index contributed by atoms with van der Waals surface area (Å²) >= 11 is 1.48. The number of aromatic nitrogens is 4. The molecule has 1 atom stereocenters. The Hall–Kier alpha value is -2.98. The Bertz CT molecular complexity index is 1100. The molecule has 2 aliphatic rings. The highest BCUT2D eigenvalue weighted by Gasteiger charge is 2.41. The number of hydrogen-bond acceptors (Lipinski definition) is 8. The van der Waals surface area contributed by atoms with Crippen LogP contribution in [0.1, 0.15) is 36.3 Å². The van der Waals surface area contributed by atoms with Crippen LogP contribution in [0.3, 0.4) is 0 Å². The molecular weight excluding hydrogens is 429 g/mol. The minimum absolute atomic E-state index is 0.0243. The van der Waals surface area contributed by atoms with Crippen molar-refractivity contribution in [2.75, 3.05) is 18.4 Å². The highest BCUT2D eigenvalue weighted by Crippen LogP contribution is 2.43. The first-order valence-corrected chi connectivity index (χ1v) is 11.6. The lowest BCUT2D eigenvalue weighted by atomic mass is 9.66. The molecule has 0 bridgehead atoms. The molecule has 0 spiro atoms. The highest BCUT2D eigenvalue weighted by atomic mass is 32.1. The SMILES string of the molecule is O=C(NCc1cnc(-c2ccc(NCC3(c4ncccc4F)CCC3)nn2)s1)[C@@H]1CCN1. The average molecular weight is 454 g/mol. The summed E-state index contributed by atoms with van der Waals surface area (Å²) in [6, 6.07) is 6.74. The van der Waals surface area contributed by atoms with Crippen LogP contribution in [0.4, 0.5) is 10.2 Å². The lowest BCUT2D eigenvalue weighted by Crippen LogP contribution is -2.52. The van der Waals surface area contributed by atoms with Gasteiger partial charge in [-0.15, -0.1) is 21.5 Å². The molecular formula is C22H24FN7OS. The Balaban J connectivity index is 1.19. The average Bonchev–Trinajstić information content (AvgIpc) is 3.21. The maximum Gasteiger partial charge on any atom is 0.237 e. The van der Waals surface area contributed by atoms with E-state index in [-0.39, 0.29) is 23.2 Å². The molecule has 4 heterocycles. The monoisotopic (exact) mass is 453 g/mol. The first-order chi connectivity index (χ1) is 15.6. The Kier molecular flexibility index (Phi) is 5.79. The van der Waals surface area contributed by atoms with Crippen molar-refractivity contribution < 1.29 is 9.18 Å². The molecule has 166 valence electrons. The predicted octanol–water partition coefficient (Wildman–Crippen LogP) is 2.65. The Morgan fingerprint density at radius 1 is 1.25 bits per heavy atom. The van der Waals surface area contributed by atoms with Crippen LogP contribution in [0, 0.1) is 5.82 Å². The summed E-state index contributed by atoms with van der Waals surface area (Å²) in [7, 11) is 0. The molecule has 0 aromatic carbocycles. The van der Waals surface area contributed by atoms with E-state index in [0.29, 0.717) is 30.3 Å². The summed E-state index contributed by atoms with van der Waals surface area (Å²) in [5, 5.41) is 18.6. The van der Waals surface area contributed by atoms with Gasteiger partial charge in [-0.05, 0) is 50.1 Å². The van der Waals surface area contributed by atoms with Gasteiger partial charge >= 0.3 is 0 Å². The van der Waals surface area contributed by atoms with E-state index in [9.17, 15) is 9.18 Å². The number of halogens is 1. The number of anilines is 1. The number of carbonyl (C=O) groups excluding carboxylic acids is 1. The van der Waals surface area contributed by atoms with Crippen molar-refractivity contribution in [3.05, 3.63) is 53.0 Å². The van der Waals surface area contributed by atoms with Crippen molar-refractivity contribution in [2.45, 2.75) is 43.7 Å². The summed E-state index contributed by atoms with van der Waals surface area (Å²) in [4.78, 5) is 21.6. The van der Waals surface area contributed by atoms with Crippen molar-refractivity contribution in [1.82, 2.24) is 30.8 Å². The fourth-order valence-electron chi connectivity index (χ4n) is 3.99. The van der Waals surface area contributed by atoms with Crippen LogP contribution in [-0.4, -0.2) is 45.2 Å². The third-order valence-corrected chi connectivity index (χ3v) is 7.21. The maximum absolute atomic E-state index is 14.3. The zero-order valence-corrected chi connectivity index (χ0v) is 18.3. The number of hydrogen-bond donors (Lipinski definition) is 3. The van der Waals surface area contributed by atoms with Crippen molar-refractivity contribution in [2.24, 2.45) is 0 Å². The molecule has 1 aliphatic heterocycles. The summed E-state index contributed by atoms with van der Waals surface area (Å²) in [5.74, 6) is 0.403. The summed E-state index contributed by atoms with van der Waals surface area (Å²) < 4.78 is 14.3. The zero-order chi connectivity index (χ0) is 22.0. The van der Waals surface area contributed by atoms with Gasteiger partial charge in [-0.3, -0.25) is 9.78 Å². The van der Waals surface area contributed by atoms with Gasteiger partial charge in [0.05, 0.1) is 18.3 Å². The molecule has 3 aromatic heterocycles. The summed E-state index contributed by atoms with van der Waals surface area (Å²) in [6.07, 6.45) is 7.14. The molecule has 10 heteroatoms. The number of nitrogens with one attached hydrogen (secondary N) is 3. The van der Waals surface area contributed by atoms with Gasteiger partial charge < -0.3 is 16.0 Å². The van der Waals surface area contributed by atoms with Crippen LogP contribution in [0.5, 0.6) is 0 Å². The number of nitrogens with zero attached hydrogens (tertiary/aromatic N) is 4. The van der Waals surface area contributed by atoms with E-state index in [1.807, 2.05) is 12.1 Å². The normalized spacial score (nSPS) is 19.0. The molecule has 0 radical (unpaired) electrons. The van der Waals surface area contributed by atoms with Crippen molar-refractivity contribution >= 4 is 23.1 Å². The standard InChI is InChI=1S/C22H24FN7OS/c23-15-3-1-9-25-19(15)22(7-2-8-22)13-28-18-5-4-17(29-30-18)21-27-12-14(32-21)11-26-20(31)16-6-10-24-16/h1,3-5,9,12,16,24H,2,6-8,10-11,13H2,(H,26,31)(H,28,30)/t16-/m0/s1. The predicted molar refractivity (Wildman–Crippen MR) is 120 cm³/mol. The van der Waals surface area contributed by atoms with Crippen LogP contribution in [-0.2, 0) is 16.8 Å². The molecule has 2 fully saturated rings. The molecule has 1 saturated heterocycles. The first kappa shape index (κ1) is 20.9. The molecule has 5 rings (SSSR count). The van der Waals surface area contributed by atoms with Crippen LogP contribution >= 0.6 is 11.3 Å². The fourth-order valence-corrected chi connectivity index (χ4v) is 4.81. The molecule has 32 heavy (non-hydrogen) atoms. The molecule has 3 N–H and O–H groups in total. The van der Waals surface area contributed by atoms with Gasteiger partial charge in [0.1, 0.15) is 22.3 Å². The lowest BCUT2D eigenvalue weighted by molar-refractivity contribution is -0.124. The second kappa shape index (κ2) is 8.87. The van der Waals surface area contributed by atoms with Gasteiger partial charge in [0.2, 0.25) is 5.91 Å². The Morgan fingerprint density at radius 2 is 2.12 bits per heavy atom. The fraction of sp³-hybridized carbons (Fsp3) is 0.409. The second-order valence-corrected chi connectivity index (χ2v) is 9.39. The van der Waals surface area contributed by atoms with Crippen molar-refractivity contribution in [3.63, 3.8) is 0 Å². The smallest absolute Gasteiger partial charge is 0.237 e. The largest absolute Gasteiger partial charge is 0.368 e. The quantitative estimate of drug-likeness (QED) is 0.482. The zero-order valence-electron chi connectivity index (χ0n) is 17.5. The molecule has 3 aromatic rings. The molecule has 0 unspecified atom stereocenters. The highest BCUT2D eigenvalue weighted by molar-refractivity contribution is 7.15. The number of pyridine rings is 1. The van der Waals surface area contributed by atoms with Gasteiger partial charge in [-0.25, -0.2) is 9.37 Å². The number of carbonyl (C=O) groups is 1. The molecule has 1 aliphatic carbocycles. The topological polar surface area (TPSA) is 105 Å². The maximum atomic E-state index is 14.3. The number of thiazole rings is 1. The minimum atomic E-state index is -0.296. The molecule has 1 amide bonds. The third-order valence-electron chi connectivity index (χ3n) is 6.19. The second-order valence-electron chi connectivity index (χ2n) is 8.27. The summed E-state index contributed by atoms with van der Waals surface area (Å²) in [6.45, 7) is 1.91. The Morgan fingerprint density at radius 3 is 2.78 bits per heavy atom. The van der Waals surface area contributed by atoms with E-state index in [4.69, 9.17) is 0 Å². The van der Waals surface area contributed by atoms with Gasteiger partial charge in [0.15, 0.2) is 0 Å². The van der Waals surface area contributed by atoms with Gasteiger partial charge in [-0.2, -0.15) is 0 Å². The first-order valence-electron chi connectivity index (χ1n) is 10.8. The van der Waals surface area contributed by atoms with Crippen LogP contribution in [0.25, 0.3) is 10.7 Å². The van der Waals surface area contributed by atoms with E-state index in [2.05, 4.69) is 36.1 Å². The van der Waals surface area contributed by atoms with Crippen molar-refractivity contribution in [3.8, 4) is 10.7 Å². The van der Waals surface area contributed by atoms with Crippen molar-refractivity contribution in [1.29, 1.82) is 0 Å². The molecule has 8 nitrogen and oxygen atoms in total. The van der Waals surface area contributed by atoms with E-state index in [0.717, 1.165) is 42.1 Å². The van der Waals surface area contributed by atoms with Crippen LogP contribution in [0.15, 0.2) is 36.7 Å². The number of rotatable bonds is 8. The van der Waals surface area contributed by atoms with Crippen LogP contribution in [0.2, 0.25) is 0 Å². The van der Waals surface area contributed by atoms with E-state index < -0.39 is 0 Å². The molecule has 1 saturated carbocycles. The van der Waals surface area contributed by atoms with E-state index >= 15 is 0 Å². The van der Waals surface area contributed by atoms with Gasteiger partial charge in [0.25, 0.3) is 0 Å². The summed E-state index contributed by atoms with van der Waals surface area (Å²) in [5.41, 5.74) is 0.904. The number of amides is 1. The minimum Gasteiger partial charge on any atom is -0.368 e. The third kappa shape index (κ3) is 4.20. The van der Waals surface area contributed by atoms with E-state index in [1.165, 1.54) is 17.4 Å². The van der Waals surface area contributed by atoms with Gasteiger partial charge in [0, 0.05) is 29.2 Å².